The standard InChI is InChI=1S/C17H19FN2S/c1-11-8-9-12(2)14(10-11)13(3)19-17(21)20-16-7-5-4-6-15(16)18/h4-10,13H,1-3H3,(H2,19,20,21). The number of anilines is 1. The van der Waals surface area contributed by atoms with Crippen molar-refractivity contribution in [3.05, 3.63) is 65.0 Å². The molecule has 0 saturated heterocycles. The predicted molar refractivity (Wildman–Crippen MR) is 90.1 cm³/mol. The SMILES string of the molecule is Cc1ccc(C)c(C(C)NC(=S)Nc2ccccc2F)c1. The zero-order valence-electron chi connectivity index (χ0n) is 12.4. The number of nitrogens with one attached hydrogen (secondary N) is 2. The Morgan fingerprint density at radius 3 is 2.57 bits per heavy atom. The summed E-state index contributed by atoms with van der Waals surface area (Å²) < 4.78 is 13.6. The van der Waals surface area contributed by atoms with Gasteiger partial charge < -0.3 is 10.6 Å². The first-order chi connectivity index (χ1) is 9.97. The largest absolute Gasteiger partial charge is 0.356 e. The van der Waals surface area contributed by atoms with Gasteiger partial charge in [0.2, 0.25) is 0 Å². The van der Waals surface area contributed by atoms with E-state index in [1.807, 2.05) is 6.92 Å². The van der Waals surface area contributed by atoms with Crippen molar-refractivity contribution in [3.63, 3.8) is 0 Å². The van der Waals surface area contributed by atoms with Gasteiger partial charge in [0.15, 0.2) is 5.11 Å². The van der Waals surface area contributed by atoms with Gasteiger partial charge >= 0.3 is 0 Å². The van der Waals surface area contributed by atoms with Crippen molar-refractivity contribution in [2.45, 2.75) is 26.8 Å². The van der Waals surface area contributed by atoms with Crippen LogP contribution in [-0.4, -0.2) is 5.11 Å². The summed E-state index contributed by atoms with van der Waals surface area (Å²) in [6, 6.07) is 12.8. The summed E-state index contributed by atoms with van der Waals surface area (Å²) in [6.07, 6.45) is 0. The first kappa shape index (κ1) is 15.4. The molecular formula is C17H19FN2S. The molecule has 0 aliphatic rings. The molecule has 0 radical (unpaired) electrons. The van der Waals surface area contributed by atoms with Crippen LogP contribution in [0.5, 0.6) is 0 Å². The number of benzene rings is 2. The summed E-state index contributed by atoms with van der Waals surface area (Å²) in [6.45, 7) is 6.17. The fraction of sp³-hybridized carbons (Fsp3) is 0.235. The average Bonchev–Trinajstić information content (AvgIpc) is 2.44. The summed E-state index contributed by atoms with van der Waals surface area (Å²) in [7, 11) is 0. The normalized spacial score (nSPS) is 11.8. The molecule has 4 heteroatoms. The molecule has 0 spiro atoms. The topological polar surface area (TPSA) is 24.1 Å². The van der Waals surface area contributed by atoms with E-state index in [1.165, 1.54) is 22.8 Å². The van der Waals surface area contributed by atoms with Gasteiger partial charge in [-0.05, 0) is 56.2 Å². The Morgan fingerprint density at radius 2 is 1.86 bits per heavy atom. The first-order valence-corrected chi connectivity index (χ1v) is 7.27. The third-order valence-corrected chi connectivity index (χ3v) is 3.59. The van der Waals surface area contributed by atoms with Gasteiger partial charge in [-0.1, -0.05) is 35.9 Å². The van der Waals surface area contributed by atoms with Crippen LogP contribution in [0.1, 0.15) is 29.7 Å². The van der Waals surface area contributed by atoms with Crippen LogP contribution in [0.15, 0.2) is 42.5 Å². The number of hydrogen-bond acceptors (Lipinski definition) is 1. The van der Waals surface area contributed by atoms with Crippen molar-refractivity contribution in [1.29, 1.82) is 0 Å². The van der Waals surface area contributed by atoms with Crippen molar-refractivity contribution in [2.24, 2.45) is 0 Å². The zero-order valence-corrected chi connectivity index (χ0v) is 13.2. The Labute approximate surface area is 130 Å². The van der Waals surface area contributed by atoms with E-state index in [0.717, 1.165) is 0 Å². The van der Waals surface area contributed by atoms with Gasteiger partial charge in [0.25, 0.3) is 0 Å². The molecule has 21 heavy (non-hydrogen) atoms. The molecule has 0 amide bonds. The van der Waals surface area contributed by atoms with Crippen LogP contribution in [0.25, 0.3) is 0 Å². The van der Waals surface area contributed by atoms with Gasteiger partial charge in [-0.15, -0.1) is 0 Å². The summed E-state index contributed by atoms with van der Waals surface area (Å²) in [5, 5.41) is 6.49. The molecule has 0 saturated carbocycles. The lowest BCUT2D eigenvalue weighted by atomic mass is 10.0. The van der Waals surface area contributed by atoms with E-state index in [1.54, 1.807) is 18.2 Å². The van der Waals surface area contributed by atoms with Crippen molar-refractivity contribution in [3.8, 4) is 0 Å². The van der Waals surface area contributed by atoms with E-state index < -0.39 is 0 Å². The van der Waals surface area contributed by atoms with Crippen LogP contribution < -0.4 is 10.6 Å². The maximum atomic E-state index is 13.6. The van der Waals surface area contributed by atoms with E-state index in [-0.39, 0.29) is 11.9 Å². The van der Waals surface area contributed by atoms with Gasteiger partial charge in [0, 0.05) is 0 Å². The van der Waals surface area contributed by atoms with Crippen LogP contribution in [0, 0.1) is 19.7 Å². The third-order valence-electron chi connectivity index (χ3n) is 3.37. The van der Waals surface area contributed by atoms with Crippen LogP contribution in [-0.2, 0) is 0 Å². The minimum absolute atomic E-state index is 0.0525. The van der Waals surface area contributed by atoms with Gasteiger partial charge in [0.05, 0.1) is 11.7 Å². The van der Waals surface area contributed by atoms with Crippen molar-refractivity contribution in [1.82, 2.24) is 5.32 Å². The molecule has 0 heterocycles. The maximum Gasteiger partial charge on any atom is 0.171 e. The number of rotatable bonds is 3. The van der Waals surface area contributed by atoms with E-state index in [0.29, 0.717) is 10.8 Å². The summed E-state index contributed by atoms with van der Waals surface area (Å²) >= 11 is 5.26. The zero-order chi connectivity index (χ0) is 15.4. The van der Waals surface area contributed by atoms with Crippen LogP contribution in [0.3, 0.4) is 0 Å². The Hall–Kier alpha value is -1.94. The van der Waals surface area contributed by atoms with Crippen LogP contribution >= 0.6 is 12.2 Å². The van der Waals surface area contributed by atoms with E-state index in [4.69, 9.17) is 12.2 Å². The third kappa shape index (κ3) is 4.02. The van der Waals surface area contributed by atoms with Crippen LogP contribution in [0.4, 0.5) is 10.1 Å². The predicted octanol–water partition coefficient (Wildman–Crippen LogP) is 4.49. The molecule has 0 bridgehead atoms. The number of hydrogen-bond donors (Lipinski definition) is 2. The second-order valence-electron chi connectivity index (χ2n) is 5.16. The van der Waals surface area contributed by atoms with Crippen molar-refractivity contribution >= 4 is 23.0 Å². The van der Waals surface area contributed by atoms with Gasteiger partial charge in [-0.2, -0.15) is 0 Å². The molecule has 0 aromatic heterocycles. The molecule has 2 rings (SSSR count). The molecule has 0 fully saturated rings. The lowest BCUT2D eigenvalue weighted by molar-refractivity contribution is 0.631. The monoisotopic (exact) mass is 302 g/mol. The number of para-hydroxylation sites is 1. The highest BCUT2D eigenvalue weighted by atomic mass is 32.1. The molecular weight excluding hydrogens is 283 g/mol. The lowest BCUT2D eigenvalue weighted by Crippen LogP contribution is -2.31. The van der Waals surface area contributed by atoms with Gasteiger partial charge in [-0.3, -0.25) is 0 Å². The Kier molecular flexibility index (Phi) is 4.91. The molecule has 0 aliphatic heterocycles. The van der Waals surface area contributed by atoms with E-state index in [2.05, 4.69) is 42.7 Å². The smallest absolute Gasteiger partial charge is 0.171 e. The van der Waals surface area contributed by atoms with E-state index >= 15 is 0 Å². The number of aryl methyl sites for hydroxylation is 2. The minimum Gasteiger partial charge on any atom is -0.356 e. The Bertz CT molecular complexity index is 655. The molecule has 0 aliphatic carbocycles. The maximum absolute atomic E-state index is 13.6. The van der Waals surface area contributed by atoms with Crippen LogP contribution in [0.2, 0.25) is 0 Å². The Morgan fingerprint density at radius 1 is 1.14 bits per heavy atom. The minimum atomic E-state index is -0.318. The second-order valence-corrected chi connectivity index (χ2v) is 5.57. The van der Waals surface area contributed by atoms with Crippen molar-refractivity contribution in [2.75, 3.05) is 5.32 Å². The van der Waals surface area contributed by atoms with Gasteiger partial charge in [0.1, 0.15) is 5.82 Å². The molecule has 2 N–H and O–H groups in total. The summed E-state index contributed by atoms with van der Waals surface area (Å²) in [5.41, 5.74) is 3.97. The average molecular weight is 302 g/mol. The fourth-order valence-electron chi connectivity index (χ4n) is 2.22. The molecule has 2 aromatic carbocycles. The second kappa shape index (κ2) is 6.68. The molecule has 110 valence electrons. The fourth-order valence-corrected chi connectivity index (χ4v) is 2.51. The van der Waals surface area contributed by atoms with Crippen molar-refractivity contribution < 1.29 is 4.39 Å². The number of halogens is 1. The molecule has 2 aromatic rings. The summed E-state index contributed by atoms with van der Waals surface area (Å²) in [4.78, 5) is 0. The quantitative estimate of drug-likeness (QED) is 0.817. The highest BCUT2D eigenvalue weighted by molar-refractivity contribution is 7.80. The highest BCUT2D eigenvalue weighted by Crippen LogP contribution is 2.19. The molecule has 1 unspecified atom stereocenters. The Balaban J connectivity index is 2.06. The first-order valence-electron chi connectivity index (χ1n) is 6.86. The molecule has 2 nitrogen and oxygen atoms in total. The van der Waals surface area contributed by atoms with Gasteiger partial charge in [-0.25, -0.2) is 4.39 Å². The van der Waals surface area contributed by atoms with E-state index in [9.17, 15) is 4.39 Å². The summed E-state index contributed by atoms with van der Waals surface area (Å²) in [5.74, 6) is -0.318. The lowest BCUT2D eigenvalue weighted by Gasteiger charge is -2.19. The highest BCUT2D eigenvalue weighted by Gasteiger charge is 2.11. The molecule has 1 atom stereocenters. The number of thiocarbonyl (C=S) groups is 1.